The normalized spacial score (nSPS) is 47.8. The van der Waals surface area contributed by atoms with Crippen LogP contribution in [-0.4, -0.2) is 0 Å². The molecule has 2 rings (SSSR count). The number of hydrogen-bond acceptors (Lipinski definition) is 0. The lowest BCUT2D eigenvalue weighted by Crippen LogP contribution is -2.29. The summed E-state index contributed by atoms with van der Waals surface area (Å²) >= 11 is 0. The maximum Gasteiger partial charge on any atom is -0.0174 e. The van der Waals surface area contributed by atoms with Crippen molar-refractivity contribution in [2.24, 2.45) is 17.8 Å². The second-order valence-electron chi connectivity index (χ2n) is 3.77. The van der Waals surface area contributed by atoms with Crippen molar-refractivity contribution in [2.45, 2.75) is 26.7 Å². The van der Waals surface area contributed by atoms with Crippen molar-refractivity contribution in [1.82, 2.24) is 0 Å². The van der Waals surface area contributed by atoms with E-state index in [9.17, 15) is 0 Å². The molecule has 0 aromatic rings. The minimum atomic E-state index is 0.977. The van der Waals surface area contributed by atoms with Crippen LogP contribution in [-0.2, 0) is 0 Å². The summed E-state index contributed by atoms with van der Waals surface area (Å²) in [6.45, 7) is 4.64. The van der Waals surface area contributed by atoms with E-state index in [2.05, 4.69) is 19.9 Å². The molecule has 0 spiro atoms. The topological polar surface area (TPSA) is 0 Å². The van der Waals surface area contributed by atoms with Crippen LogP contribution >= 0.6 is 0 Å². The first-order valence-electron chi connectivity index (χ1n) is 3.94. The summed E-state index contributed by atoms with van der Waals surface area (Å²) in [6.07, 6.45) is 5.37. The average Bonchev–Trinajstić information content (AvgIpc) is 2.08. The SMILES string of the molecule is CC1=CC2C(C)CC2C1. The zero-order valence-electron chi connectivity index (χ0n) is 6.22. The van der Waals surface area contributed by atoms with Gasteiger partial charge in [0.15, 0.2) is 0 Å². The van der Waals surface area contributed by atoms with Crippen LogP contribution in [0.2, 0.25) is 0 Å². The summed E-state index contributed by atoms with van der Waals surface area (Å²) in [6, 6.07) is 0. The van der Waals surface area contributed by atoms with Crippen LogP contribution in [0.3, 0.4) is 0 Å². The third kappa shape index (κ3) is 0.654. The molecule has 0 aliphatic heterocycles. The van der Waals surface area contributed by atoms with E-state index < -0.39 is 0 Å². The van der Waals surface area contributed by atoms with Gasteiger partial charge in [0.1, 0.15) is 0 Å². The molecule has 0 amide bonds. The molecule has 0 saturated heterocycles. The second kappa shape index (κ2) is 1.62. The van der Waals surface area contributed by atoms with Crippen molar-refractivity contribution in [1.29, 1.82) is 0 Å². The first-order valence-corrected chi connectivity index (χ1v) is 3.94. The fraction of sp³-hybridized carbons (Fsp3) is 0.778. The van der Waals surface area contributed by atoms with Gasteiger partial charge < -0.3 is 0 Å². The van der Waals surface area contributed by atoms with Crippen LogP contribution in [0.1, 0.15) is 26.7 Å². The molecule has 0 nitrogen and oxygen atoms in total. The predicted octanol–water partition coefficient (Wildman–Crippen LogP) is 2.61. The molecule has 0 bridgehead atoms. The third-order valence-corrected chi connectivity index (χ3v) is 2.94. The molecule has 50 valence electrons. The molecule has 3 unspecified atom stereocenters. The summed E-state index contributed by atoms with van der Waals surface area (Å²) in [5.74, 6) is 3.03. The largest absolute Gasteiger partial charge is 0.0819 e. The van der Waals surface area contributed by atoms with Crippen LogP contribution in [0.25, 0.3) is 0 Å². The number of hydrogen-bond donors (Lipinski definition) is 0. The molecule has 0 aromatic heterocycles. The average molecular weight is 122 g/mol. The highest BCUT2D eigenvalue weighted by molar-refractivity contribution is 5.16. The Hall–Kier alpha value is -0.260. The number of allylic oxidation sites excluding steroid dienone is 2. The van der Waals surface area contributed by atoms with Gasteiger partial charge in [-0.05, 0) is 37.5 Å². The first-order chi connectivity index (χ1) is 4.27. The fourth-order valence-electron chi connectivity index (χ4n) is 2.39. The predicted molar refractivity (Wildman–Crippen MR) is 39.1 cm³/mol. The standard InChI is InChI=1S/C9H14/c1-6-3-8-5-7(2)9(8)4-6/h4,7-9H,3,5H2,1-2H3. The summed E-state index contributed by atoms with van der Waals surface area (Å²) < 4.78 is 0. The van der Waals surface area contributed by atoms with E-state index in [1.165, 1.54) is 12.8 Å². The number of rotatable bonds is 0. The highest BCUT2D eigenvalue weighted by Gasteiger charge is 2.39. The van der Waals surface area contributed by atoms with E-state index in [4.69, 9.17) is 0 Å². The van der Waals surface area contributed by atoms with Gasteiger partial charge >= 0.3 is 0 Å². The van der Waals surface area contributed by atoms with E-state index >= 15 is 0 Å². The van der Waals surface area contributed by atoms with Crippen LogP contribution in [0.4, 0.5) is 0 Å². The van der Waals surface area contributed by atoms with E-state index in [-0.39, 0.29) is 0 Å². The molecule has 2 aliphatic rings. The third-order valence-electron chi connectivity index (χ3n) is 2.94. The van der Waals surface area contributed by atoms with Crippen molar-refractivity contribution >= 4 is 0 Å². The second-order valence-corrected chi connectivity index (χ2v) is 3.77. The van der Waals surface area contributed by atoms with Crippen molar-refractivity contribution in [3.05, 3.63) is 11.6 Å². The molecule has 1 fully saturated rings. The Morgan fingerprint density at radius 2 is 2.33 bits per heavy atom. The fourth-order valence-corrected chi connectivity index (χ4v) is 2.39. The summed E-state index contributed by atoms with van der Waals surface area (Å²) in [5, 5.41) is 0. The van der Waals surface area contributed by atoms with E-state index in [0.29, 0.717) is 0 Å². The van der Waals surface area contributed by atoms with E-state index in [0.717, 1.165) is 17.8 Å². The van der Waals surface area contributed by atoms with Crippen LogP contribution in [0.5, 0.6) is 0 Å². The van der Waals surface area contributed by atoms with Crippen molar-refractivity contribution in [3.63, 3.8) is 0 Å². The lowest BCUT2D eigenvalue weighted by molar-refractivity contribution is 0.147. The van der Waals surface area contributed by atoms with Gasteiger partial charge in [-0.25, -0.2) is 0 Å². The molecule has 0 aromatic carbocycles. The molecule has 0 radical (unpaired) electrons. The molecule has 1 saturated carbocycles. The Labute approximate surface area is 57.0 Å². The smallest absolute Gasteiger partial charge is 0.0174 e. The Bertz CT molecular complexity index is 155. The molecule has 0 heterocycles. The Morgan fingerprint density at radius 1 is 1.56 bits per heavy atom. The Kier molecular flexibility index (Phi) is 0.992. The molecule has 2 aliphatic carbocycles. The molecular weight excluding hydrogens is 108 g/mol. The van der Waals surface area contributed by atoms with Crippen LogP contribution in [0.15, 0.2) is 11.6 Å². The highest BCUT2D eigenvalue weighted by atomic mass is 14.4. The van der Waals surface area contributed by atoms with Gasteiger partial charge in [-0.15, -0.1) is 0 Å². The van der Waals surface area contributed by atoms with E-state index in [1.807, 2.05) is 0 Å². The summed E-state index contributed by atoms with van der Waals surface area (Å²) in [5.41, 5.74) is 1.63. The van der Waals surface area contributed by atoms with Crippen molar-refractivity contribution in [3.8, 4) is 0 Å². The van der Waals surface area contributed by atoms with Crippen LogP contribution in [0, 0.1) is 17.8 Å². The van der Waals surface area contributed by atoms with Gasteiger partial charge in [-0.2, -0.15) is 0 Å². The zero-order valence-corrected chi connectivity index (χ0v) is 6.22. The molecule has 0 heteroatoms. The van der Waals surface area contributed by atoms with Crippen LogP contribution < -0.4 is 0 Å². The van der Waals surface area contributed by atoms with Gasteiger partial charge in [0.25, 0.3) is 0 Å². The summed E-state index contributed by atoms with van der Waals surface area (Å²) in [7, 11) is 0. The van der Waals surface area contributed by atoms with Gasteiger partial charge in [0.05, 0.1) is 0 Å². The maximum absolute atomic E-state index is 2.48. The molecule has 9 heavy (non-hydrogen) atoms. The minimum Gasteiger partial charge on any atom is -0.0819 e. The lowest BCUT2D eigenvalue weighted by atomic mass is 9.68. The quantitative estimate of drug-likeness (QED) is 0.433. The van der Waals surface area contributed by atoms with Crippen molar-refractivity contribution in [2.75, 3.05) is 0 Å². The van der Waals surface area contributed by atoms with Gasteiger partial charge in [0.2, 0.25) is 0 Å². The lowest BCUT2D eigenvalue weighted by Gasteiger charge is -2.37. The van der Waals surface area contributed by atoms with E-state index in [1.54, 1.807) is 5.57 Å². The first kappa shape index (κ1) is 5.52. The molecule has 0 N–H and O–H groups in total. The monoisotopic (exact) mass is 122 g/mol. The van der Waals surface area contributed by atoms with Crippen molar-refractivity contribution < 1.29 is 0 Å². The highest BCUT2D eigenvalue weighted by Crippen LogP contribution is 2.49. The maximum atomic E-state index is 2.48. The Balaban J connectivity index is 2.12. The molecular formula is C9H14. The van der Waals surface area contributed by atoms with Gasteiger partial charge in [-0.3, -0.25) is 0 Å². The van der Waals surface area contributed by atoms with Gasteiger partial charge in [0, 0.05) is 0 Å². The minimum absolute atomic E-state index is 0.977. The summed E-state index contributed by atoms with van der Waals surface area (Å²) in [4.78, 5) is 0. The zero-order chi connectivity index (χ0) is 6.43. The molecule has 3 atom stereocenters. The van der Waals surface area contributed by atoms with Gasteiger partial charge in [-0.1, -0.05) is 18.6 Å². The Morgan fingerprint density at radius 3 is 2.78 bits per heavy atom. The number of fused-ring (bicyclic) bond motifs is 1.